The summed E-state index contributed by atoms with van der Waals surface area (Å²) in [6.45, 7) is 8.75. The third-order valence-corrected chi connectivity index (χ3v) is 6.59. The lowest BCUT2D eigenvalue weighted by atomic mass is 10.2. The van der Waals surface area contributed by atoms with Crippen molar-refractivity contribution in [3.63, 3.8) is 0 Å². The Balaban J connectivity index is 1.26. The number of nitrogens with zero attached hydrogens (tertiary/aromatic N) is 3. The fourth-order valence-electron chi connectivity index (χ4n) is 3.92. The maximum absolute atomic E-state index is 10.4. The van der Waals surface area contributed by atoms with Crippen molar-refractivity contribution in [3.05, 3.63) is 47.5 Å². The third-order valence-electron chi connectivity index (χ3n) is 5.64. The number of hydrogen-bond acceptors (Lipinski definition) is 8. The lowest BCUT2D eigenvalue weighted by Crippen LogP contribution is -2.55. The molecule has 0 bridgehead atoms. The zero-order chi connectivity index (χ0) is 22.5. The molecule has 1 unspecified atom stereocenters. The molecular weight excluding hydrogens is 426 g/mol. The van der Waals surface area contributed by atoms with Gasteiger partial charge >= 0.3 is 0 Å². The molecule has 1 fully saturated rings. The van der Waals surface area contributed by atoms with Crippen LogP contribution in [0.25, 0.3) is 10.2 Å². The molecule has 2 aromatic carbocycles. The predicted octanol–water partition coefficient (Wildman–Crippen LogP) is 3.40. The smallest absolute Gasteiger partial charge is 0.178 e. The van der Waals surface area contributed by atoms with Crippen LogP contribution in [0.15, 0.2) is 42.5 Å². The van der Waals surface area contributed by atoms with Gasteiger partial charge in [-0.3, -0.25) is 9.80 Å². The number of aromatic nitrogens is 1. The highest BCUT2D eigenvalue weighted by Crippen LogP contribution is 2.27. The first-order chi connectivity index (χ1) is 15.5. The zero-order valence-electron chi connectivity index (χ0n) is 18.9. The van der Waals surface area contributed by atoms with E-state index >= 15 is 0 Å². The fraction of sp³-hybridized carbons (Fsp3) is 0.458. The molecule has 4 rings (SSSR count). The van der Waals surface area contributed by atoms with Crippen molar-refractivity contribution in [2.24, 2.45) is 0 Å². The van der Waals surface area contributed by atoms with Gasteiger partial charge in [0.05, 0.1) is 22.3 Å². The van der Waals surface area contributed by atoms with Crippen molar-refractivity contribution in [2.75, 3.05) is 46.4 Å². The Labute approximate surface area is 193 Å². The second-order valence-corrected chi connectivity index (χ2v) is 9.25. The van der Waals surface area contributed by atoms with E-state index in [1.165, 1.54) is 0 Å². The number of aryl methyl sites for hydroxylation is 1. The molecule has 1 N–H and O–H groups in total. The summed E-state index contributed by atoms with van der Waals surface area (Å²) in [4.78, 5) is 9.13. The summed E-state index contributed by atoms with van der Waals surface area (Å²) in [6, 6.07) is 13.6. The van der Waals surface area contributed by atoms with Crippen LogP contribution in [0.5, 0.6) is 17.2 Å². The van der Waals surface area contributed by atoms with E-state index in [4.69, 9.17) is 14.2 Å². The number of aliphatic hydroxyl groups is 1. The number of benzene rings is 2. The van der Waals surface area contributed by atoms with Crippen LogP contribution in [-0.2, 0) is 0 Å². The Kier molecular flexibility index (Phi) is 7.47. The first-order valence-electron chi connectivity index (χ1n) is 11.0. The number of rotatable bonds is 9. The molecule has 0 spiro atoms. The molecule has 3 aromatic rings. The van der Waals surface area contributed by atoms with Crippen LogP contribution in [-0.4, -0.2) is 78.7 Å². The standard InChI is InChI=1S/C24H31N3O4S/c1-17(28)24(31-21-8-9-23-22(16-21)25-18(2)32-23)27-12-10-26(11-13-27)14-15-30-20-6-4-19(29-3)5-7-20/h4-9,16-17,24,28H,10-15H2,1-3H3/t17-,24?/m1/s1. The van der Waals surface area contributed by atoms with Crippen LogP contribution >= 0.6 is 11.3 Å². The predicted molar refractivity (Wildman–Crippen MR) is 127 cm³/mol. The Morgan fingerprint density at radius 2 is 1.72 bits per heavy atom. The Morgan fingerprint density at radius 3 is 2.41 bits per heavy atom. The Hall–Kier alpha value is -2.39. The number of piperazine rings is 1. The van der Waals surface area contributed by atoms with Gasteiger partial charge < -0.3 is 19.3 Å². The van der Waals surface area contributed by atoms with E-state index in [1.807, 2.05) is 49.4 Å². The lowest BCUT2D eigenvalue weighted by Gasteiger charge is -2.40. The molecule has 0 radical (unpaired) electrons. The molecule has 0 aliphatic carbocycles. The number of fused-ring (bicyclic) bond motifs is 1. The molecule has 32 heavy (non-hydrogen) atoms. The van der Waals surface area contributed by atoms with Gasteiger partial charge in [0.25, 0.3) is 0 Å². The molecule has 8 heteroatoms. The molecule has 0 amide bonds. The van der Waals surface area contributed by atoms with Crippen molar-refractivity contribution < 1.29 is 19.3 Å². The van der Waals surface area contributed by atoms with Gasteiger partial charge in [-0.05, 0) is 50.2 Å². The summed E-state index contributed by atoms with van der Waals surface area (Å²) < 4.78 is 18.4. The summed E-state index contributed by atoms with van der Waals surface area (Å²) in [7, 11) is 1.66. The summed E-state index contributed by atoms with van der Waals surface area (Å²) in [5.41, 5.74) is 0.941. The van der Waals surface area contributed by atoms with E-state index < -0.39 is 6.10 Å². The molecule has 1 aliphatic rings. The molecule has 0 saturated carbocycles. The van der Waals surface area contributed by atoms with E-state index in [9.17, 15) is 5.11 Å². The number of thiazole rings is 1. The van der Waals surface area contributed by atoms with Crippen LogP contribution in [0.1, 0.15) is 11.9 Å². The van der Waals surface area contributed by atoms with E-state index in [0.29, 0.717) is 6.61 Å². The van der Waals surface area contributed by atoms with E-state index in [2.05, 4.69) is 14.8 Å². The van der Waals surface area contributed by atoms with Crippen LogP contribution in [0.4, 0.5) is 0 Å². The SMILES string of the molecule is COc1ccc(OCCN2CCN(C(Oc3ccc4sc(C)nc4c3)[C@@H](C)O)CC2)cc1. The van der Waals surface area contributed by atoms with Crippen LogP contribution < -0.4 is 14.2 Å². The minimum absolute atomic E-state index is 0.384. The number of methoxy groups -OCH3 is 1. The number of aliphatic hydroxyl groups excluding tert-OH is 1. The molecular formula is C24H31N3O4S. The van der Waals surface area contributed by atoms with Crippen molar-refractivity contribution >= 4 is 21.6 Å². The second-order valence-electron chi connectivity index (χ2n) is 8.01. The normalized spacial score (nSPS) is 17.2. The number of ether oxygens (including phenoxy) is 3. The zero-order valence-corrected chi connectivity index (χ0v) is 19.7. The quantitative estimate of drug-likeness (QED) is 0.528. The summed E-state index contributed by atoms with van der Waals surface area (Å²) in [5, 5.41) is 11.4. The average molecular weight is 458 g/mol. The molecule has 7 nitrogen and oxygen atoms in total. The first kappa shape index (κ1) is 22.8. The minimum atomic E-state index is -0.604. The van der Waals surface area contributed by atoms with Gasteiger partial charge in [0.1, 0.15) is 30.0 Å². The number of hydrogen-bond donors (Lipinski definition) is 1. The van der Waals surface area contributed by atoms with Crippen molar-refractivity contribution in [2.45, 2.75) is 26.2 Å². The van der Waals surface area contributed by atoms with E-state index in [1.54, 1.807) is 25.4 Å². The highest BCUT2D eigenvalue weighted by molar-refractivity contribution is 7.18. The molecule has 2 heterocycles. The largest absolute Gasteiger partial charge is 0.497 e. The average Bonchev–Trinajstić information content (AvgIpc) is 3.17. The van der Waals surface area contributed by atoms with Gasteiger partial charge in [0.15, 0.2) is 6.23 Å². The minimum Gasteiger partial charge on any atom is -0.497 e. The fourth-order valence-corrected chi connectivity index (χ4v) is 4.73. The van der Waals surface area contributed by atoms with Crippen LogP contribution in [0.3, 0.4) is 0 Å². The summed E-state index contributed by atoms with van der Waals surface area (Å²) in [6.07, 6.45) is -0.988. The van der Waals surface area contributed by atoms with Gasteiger partial charge in [0, 0.05) is 38.8 Å². The Morgan fingerprint density at radius 1 is 1.03 bits per heavy atom. The maximum atomic E-state index is 10.4. The molecule has 1 aromatic heterocycles. The van der Waals surface area contributed by atoms with Gasteiger partial charge in [-0.1, -0.05) is 0 Å². The summed E-state index contributed by atoms with van der Waals surface area (Å²) in [5.74, 6) is 2.41. The monoisotopic (exact) mass is 457 g/mol. The van der Waals surface area contributed by atoms with Crippen molar-refractivity contribution in [1.29, 1.82) is 0 Å². The van der Waals surface area contributed by atoms with Crippen molar-refractivity contribution in [1.82, 2.24) is 14.8 Å². The topological polar surface area (TPSA) is 67.3 Å². The Bertz CT molecular complexity index is 1000. The molecule has 172 valence electrons. The second kappa shape index (κ2) is 10.5. The first-order valence-corrected chi connectivity index (χ1v) is 11.8. The molecule has 2 atom stereocenters. The highest BCUT2D eigenvalue weighted by Gasteiger charge is 2.28. The molecule has 1 aliphatic heterocycles. The van der Waals surface area contributed by atoms with Gasteiger partial charge in [-0.15, -0.1) is 11.3 Å². The van der Waals surface area contributed by atoms with Gasteiger partial charge in [-0.2, -0.15) is 0 Å². The maximum Gasteiger partial charge on any atom is 0.178 e. The van der Waals surface area contributed by atoms with Gasteiger partial charge in [0.2, 0.25) is 0 Å². The highest BCUT2D eigenvalue weighted by atomic mass is 32.1. The van der Waals surface area contributed by atoms with E-state index in [0.717, 1.165) is 65.2 Å². The van der Waals surface area contributed by atoms with Gasteiger partial charge in [-0.25, -0.2) is 4.98 Å². The lowest BCUT2D eigenvalue weighted by molar-refractivity contribution is -0.0749. The summed E-state index contributed by atoms with van der Waals surface area (Å²) >= 11 is 1.67. The van der Waals surface area contributed by atoms with Crippen LogP contribution in [0.2, 0.25) is 0 Å². The van der Waals surface area contributed by atoms with E-state index in [-0.39, 0.29) is 6.23 Å². The molecule has 1 saturated heterocycles. The van der Waals surface area contributed by atoms with Crippen molar-refractivity contribution in [3.8, 4) is 17.2 Å². The third kappa shape index (κ3) is 5.69. The van der Waals surface area contributed by atoms with Crippen LogP contribution in [0, 0.1) is 6.92 Å².